The minimum Gasteiger partial charge on any atom is -0.452 e. The van der Waals surface area contributed by atoms with Crippen LogP contribution in [0, 0.1) is 11.8 Å². The van der Waals surface area contributed by atoms with Gasteiger partial charge in [0, 0.05) is 30.2 Å². The molecule has 1 aromatic heterocycles. The van der Waals surface area contributed by atoms with E-state index in [0.29, 0.717) is 30.5 Å². The van der Waals surface area contributed by atoms with E-state index >= 15 is 0 Å². The van der Waals surface area contributed by atoms with E-state index in [0.717, 1.165) is 10.9 Å². The molecule has 0 unspecified atom stereocenters. The second-order valence-electron chi connectivity index (χ2n) is 6.91. The van der Waals surface area contributed by atoms with Gasteiger partial charge in [0.2, 0.25) is 0 Å². The number of fused-ring (bicyclic) bond motifs is 1. The molecule has 0 aliphatic rings. The fourth-order valence-corrected chi connectivity index (χ4v) is 2.70. The third-order valence-electron chi connectivity index (χ3n) is 3.66. The average molecular weight is 330 g/mol. The summed E-state index contributed by atoms with van der Waals surface area (Å²) in [5, 5.41) is 0.802. The Morgan fingerprint density at radius 2 is 1.71 bits per heavy atom. The van der Waals surface area contributed by atoms with E-state index in [1.165, 1.54) is 0 Å². The molecule has 1 aromatic carbocycles. The first kappa shape index (κ1) is 18.0. The summed E-state index contributed by atoms with van der Waals surface area (Å²) in [5.41, 5.74) is 1.33. The van der Waals surface area contributed by atoms with E-state index < -0.39 is 5.97 Å². The van der Waals surface area contributed by atoms with E-state index in [1.807, 2.05) is 24.3 Å². The Morgan fingerprint density at radius 3 is 2.33 bits per heavy atom. The number of aromatic amines is 1. The largest absolute Gasteiger partial charge is 0.452 e. The number of hydrogen-bond acceptors (Lipinski definition) is 3. The van der Waals surface area contributed by atoms with Gasteiger partial charge in [0.1, 0.15) is 0 Å². The zero-order valence-corrected chi connectivity index (χ0v) is 14.8. The van der Waals surface area contributed by atoms with Gasteiger partial charge in [-0.15, -0.1) is 0 Å². The summed E-state index contributed by atoms with van der Waals surface area (Å²) in [6.45, 7) is 9.38. The molecule has 2 rings (SSSR count). The zero-order chi connectivity index (χ0) is 17.7. The van der Waals surface area contributed by atoms with Crippen molar-refractivity contribution in [1.82, 2.24) is 9.88 Å². The molecule has 130 valence electrons. The maximum atomic E-state index is 12.4. The van der Waals surface area contributed by atoms with Gasteiger partial charge in [-0.3, -0.25) is 4.79 Å². The van der Waals surface area contributed by atoms with E-state index in [2.05, 4.69) is 32.7 Å². The smallest absolute Gasteiger partial charge is 0.340 e. The summed E-state index contributed by atoms with van der Waals surface area (Å²) in [6.07, 6.45) is 1.62. The molecule has 0 aliphatic carbocycles. The molecule has 24 heavy (non-hydrogen) atoms. The molecular formula is C19H26N2O3. The van der Waals surface area contributed by atoms with Gasteiger partial charge in [-0.1, -0.05) is 45.9 Å². The Morgan fingerprint density at radius 1 is 1.08 bits per heavy atom. The van der Waals surface area contributed by atoms with Crippen LogP contribution < -0.4 is 0 Å². The first-order valence-corrected chi connectivity index (χ1v) is 8.39. The number of esters is 1. The molecule has 1 N–H and O–H groups in total. The maximum absolute atomic E-state index is 12.4. The SMILES string of the molecule is CC(C)CN(CC(C)C)C(=O)COC(=O)c1c[nH]c2ccccc12. The fraction of sp³-hybridized carbons (Fsp3) is 0.474. The second-order valence-corrected chi connectivity index (χ2v) is 6.91. The van der Waals surface area contributed by atoms with Crippen LogP contribution in [0.3, 0.4) is 0 Å². The highest BCUT2D eigenvalue weighted by Crippen LogP contribution is 2.18. The van der Waals surface area contributed by atoms with Gasteiger partial charge >= 0.3 is 5.97 Å². The van der Waals surface area contributed by atoms with Crippen molar-refractivity contribution in [3.63, 3.8) is 0 Å². The molecule has 5 nitrogen and oxygen atoms in total. The summed E-state index contributed by atoms with van der Waals surface area (Å²) < 4.78 is 5.25. The minimum absolute atomic E-state index is 0.148. The van der Waals surface area contributed by atoms with Crippen LogP contribution >= 0.6 is 0 Å². The third kappa shape index (κ3) is 4.60. The average Bonchev–Trinajstić information content (AvgIpc) is 2.94. The monoisotopic (exact) mass is 330 g/mol. The van der Waals surface area contributed by atoms with Crippen LogP contribution in [0.15, 0.2) is 30.5 Å². The maximum Gasteiger partial charge on any atom is 0.340 e. The van der Waals surface area contributed by atoms with Crippen molar-refractivity contribution in [3.8, 4) is 0 Å². The predicted molar refractivity (Wildman–Crippen MR) is 94.8 cm³/mol. The molecule has 1 heterocycles. The van der Waals surface area contributed by atoms with Crippen molar-refractivity contribution in [2.45, 2.75) is 27.7 Å². The Kier molecular flexibility index (Phi) is 6.01. The molecule has 0 fully saturated rings. The molecule has 0 radical (unpaired) electrons. The summed E-state index contributed by atoms with van der Waals surface area (Å²) in [6, 6.07) is 7.51. The lowest BCUT2D eigenvalue weighted by atomic mass is 10.1. The van der Waals surface area contributed by atoms with Gasteiger partial charge in [-0.25, -0.2) is 4.79 Å². The van der Waals surface area contributed by atoms with Crippen LogP contribution in [0.1, 0.15) is 38.1 Å². The van der Waals surface area contributed by atoms with Gasteiger partial charge < -0.3 is 14.6 Å². The number of para-hydroxylation sites is 1. The van der Waals surface area contributed by atoms with Gasteiger partial charge in [-0.2, -0.15) is 0 Å². The Balaban J connectivity index is 2.00. The summed E-state index contributed by atoms with van der Waals surface area (Å²) in [4.78, 5) is 29.5. The number of H-pyrrole nitrogens is 1. The van der Waals surface area contributed by atoms with Crippen molar-refractivity contribution >= 4 is 22.8 Å². The molecule has 5 heteroatoms. The lowest BCUT2D eigenvalue weighted by molar-refractivity contribution is -0.135. The first-order chi connectivity index (χ1) is 11.4. The number of ether oxygens (including phenoxy) is 1. The van der Waals surface area contributed by atoms with E-state index in [9.17, 15) is 9.59 Å². The quantitative estimate of drug-likeness (QED) is 0.791. The number of aromatic nitrogens is 1. The number of nitrogens with zero attached hydrogens (tertiary/aromatic N) is 1. The van der Waals surface area contributed by atoms with Gasteiger partial charge in [0.05, 0.1) is 5.56 Å². The number of rotatable bonds is 7. The zero-order valence-electron chi connectivity index (χ0n) is 14.8. The van der Waals surface area contributed by atoms with Crippen molar-refractivity contribution in [3.05, 3.63) is 36.0 Å². The number of amides is 1. The highest BCUT2D eigenvalue weighted by atomic mass is 16.5. The predicted octanol–water partition coefficient (Wildman–Crippen LogP) is 3.47. The number of carbonyl (C=O) groups is 2. The highest BCUT2D eigenvalue weighted by Gasteiger charge is 2.19. The van der Waals surface area contributed by atoms with Crippen LogP contribution in [0.4, 0.5) is 0 Å². The highest BCUT2D eigenvalue weighted by molar-refractivity contribution is 6.04. The number of benzene rings is 1. The molecule has 0 bridgehead atoms. The number of hydrogen-bond donors (Lipinski definition) is 1. The molecule has 0 spiro atoms. The molecule has 0 aliphatic heterocycles. The van der Waals surface area contributed by atoms with Gasteiger partial charge in [0.15, 0.2) is 6.61 Å². The van der Waals surface area contributed by atoms with Crippen LogP contribution in [0.2, 0.25) is 0 Å². The Bertz CT molecular complexity index is 693. The van der Waals surface area contributed by atoms with Crippen LogP contribution in [-0.2, 0) is 9.53 Å². The summed E-state index contributed by atoms with van der Waals surface area (Å²) in [5.74, 6) is 0.120. The lowest BCUT2D eigenvalue weighted by Gasteiger charge is -2.26. The van der Waals surface area contributed by atoms with E-state index in [1.54, 1.807) is 11.1 Å². The topological polar surface area (TPSA) is 62.4 Å². The molecule has 1 amide bonds. The van der Waals surface area contributed by atoms with Crippen molar-refractivity contribution < 1.29 is 14.3 Å². The lowest BCUT2D eigenvalue weighted by Crippen LogP contribution is -2.39. The van der Waals surface area contributed by atoms with Gasteiger partial charge in [-0.05, 0) is 17.9 Å². The standard InChI is InChI=1S/C19H26N2O3/c1-13(2)10-21(11-14(3)4)18(22)12-24-19(23)16-9-20-17-8-6-5-7-15(16)17/h5-9,13-14,20H,10-12H2,1-4H3. The third-order valence-corrected chi connectivity index (χ3v) is 3.66. The fourth-order valence-electron chi connectivity index (χ4n) is 2.70. The van der Waals surface area contributed by atoms with Crippen molar-refractivity contribution in [1.29, 1.82) is 0 Å². The number of carbonyl (C=O) groups excluding carboxylic acids is 2. The molecule has 0 saturated heterocycles. The number of nitrogens with one attached hydrogen (secondary N) is 1. The minimum atomic E-state index is -0.477. The molecular weight excluding hydrogens is 304 g/mol. The first-order valence-electron chi connectivity index (χ1n) is 8.39. The summed E-state index contributed by atoms with van der Waals surface area (Å²) in [7, 11) is 0. The Labute approximate surface area is 143 Å². The van der Waals surface area contributed by atoms with Crippen LogP contribution in [0.5, 0.6) is 0 Å². The van der Waals surface area contributed by atoms with Crippen molar-refractivity contribution in [2.75, 3.05) is 19.7 Å². The molecule has 0 atom stereocenters. The molecule has 0 saturated carbocycles. The summed E-state index contributed by atoms with van der Waals surface area (Å²) >= 11 is 0. The van der Waals surface area contributed by atoms with Gasteiger partial charge in [0.25, 0.3) is 5.91 Å². The Hall–Kier alpha value is -2.30. The van der Waals surface area contributed by atoms with E-state index in [4.69, 9.17) is 4.74 Å². The molecule has 2 aromatic rings. The second kappa shape index (κ2) is 7.99. The van der Waals surface area contributed by atoms with E-state index in [-0.39, 0.29) is 12.5 Å². The van der Waals surface area contributed by atoms with Crippen LogP contribution in [-0.4, -0.2) is 41.5 Å². The normalized spacial score (nSPS) is 11.2. The van der Waals surface area contributed by atoms with Crippen molar-refractivity contribution in [2.24, 2.45) is 11.8 Å². The van der Waals surface area contributed by atoms with Crippen LogP contribution in [0.25, 0.3) is 10.9 Å².